The van der Waals surface area contributed by atoms with Crippen molar-refractivity contribution in [2.75, 3.05) is 24.7 Å². The van der Waals surface area contributed by atoms with Crippen molar-refractivity contribution < 1.29 is 47.4 Å². The maximum Gasteiger partial charge on any atom is 0.472 e. The van der Waals surface area contributed by atoms with Gasteiger partial charge in [-0.15, -0.1) is 0 Å². The number of imidazole rings is 2. The number of phosphoric ester groups is 1. The third-order valence-corrected chi connectivity index (χ3v) is 11.4. The minimum atomic E-state index is -4.93. The number of nitrogen functional groups attached to an aromatic ring is 2. The monoisotopic (exact) mass is 684 g/mol. The Hall–Kier alpha value is -2.78. The molecule has 23 heteroatoms. The molecule has 4 aromatic rings. The Kier molecular flexibility index (Phi) is 6.65. The van der Waals surface area contributed by atoms with E-state index in [1.807, 2.05) is 0 Å². The quantitative estimate of drug-likeness (QED) is 0.140. The minimum Gasteiger partial charge on any atom is -0.388 e. The second kappa shape index (κ2) is 10.1. The number of nitrogens with two attached hydrogens (primary N) is 2. The molecular formula is C22H26N10O10P2S. The maximum absolute atomic E-state index is 13.4. The van der Waals surface area contributed by atoms with Crippen molar-refractivity contribution in [3.63, 3.8) is 0 Å². The van der Waals surface area contributed by atoms with Crippen LogP contribution in [0.3, 0.4) is 0 Å². The van der Waals surface area contributed by atoms with Gasteiger partial charge in [0.05, 0.1) is 31.9 Å². The number of ether oxygens (including phenoxy) is 1. The summed E-state index contributed by atoms with van der Waals surface area (Å²) in [4.78, 5) is 46.8. The highest BCUT2D eigenvalue weighted by molar-refractivity contribution is 8.07. The van der Waals surface area contributed by atoms with Gasteiger partial charge in [0.25, 0.3) is 0 Å². The fourth-order valence-electron chi connectivity index (χ4n) is 6.73. The number of rotatable bonds is 2. The standard InChI is InChI=1S/C22H26N10O10P2S/c23-17-10-19(27-4-25-17)31(6-29-10)12-8-1-22(8)3-39-43(35,36)41-15-13(33)9(2-38-44(37,45)42-16(22)14(12)34)40-21(15)32-7-30-11-18(24)26-5-28-20(11)32/h4-9,12-16,21,33-34H,1-3H2,(H,35,36)(H,37,45)(H2,23,25,27)(H2,24,26,28)/t8-,9-,12-,13-,14+,15-,16+,21-,22?,44?/m1/s1. The van der Waals surface area contributed by atoms with E-state index in [-0.39, 0.29) is 22.8 Å². The number of hydrogen-bond acceptors (Lipinski definition) is 17. The molecule has 8 rings (SSSR count). The summed E-state index contributed by atoms with van der Waals surface area (Å²) in [5.74, 6) is -0.171. The van der Waals surface area contributed by atoms with E-state index in [0.29, 0.717) is 17.6 Å². The van der Waals surface area contributed by atoms with Crippen molar-refractivity contribution in [1.82, 2.24) is 39.0 Å². The van der Waals surface area contributed by atoms with Gasteiger partial charge in [-0.1, -0.05) is 0 Å². The first-order chi connectivity index (χ1) is 21.4. The number of aliphatic hydroxyl groups is 2. The molecule has 4 aromatic heterocycles. The fraction of sp³-hybridized carbons (Fsp3) is 0.545. The van der Waals surface area contributed by atoms with Crippen molar-refractivity contribution in [1.29, 1.82) is 0 Å². The Labute approximate surface area is 257 Å². The summed E-state index contributed by atoms with van der Waals surface area (Å²) in [5.41, 5.74) is 11.9. The van der Waals surface area contributed by atoms with Crippen molar-refractivity contribution >= 4 is 60.3 Å². The molecule has 2 aliphatic heterocycles. The molecule has 4 aliphatic rings. The van der Waals surface area contributed by atoms with Crippen molar-refractivity contribution in [3.8, 4) is 0 Å². The summed E-state index contributed by atoms with van der Waals surface area (Å²) in [6, 6.07) is -0.713. The van der Waals surface area contributed by atoms with E-state index in [1.165, 1.54) is 29.9 Å². The van der Waals surface area contributed by atoms with Gasteiger partial charge in [-0.2, -0.15) is 0 Å². The largest absolute Gasteiger partial charge is 0.472 e. The number of anilines is 2. The lowest BCUT2D eigenvalue weighted by Gasteiger charge is -2.31. The lowest BCUT2D eigenvalue weighted by atomic mass is 10.0. The van der Waals surface area contributed by atoms with Crippen LogP contribution in [0.1, 0.15) is 18.7 Å². The molecule has 2 saturated heterocycles. The highest BCUT2D eigenvalue weighted by atomic mass is 32.5. The molecule has 2 aliphatic carbocycles. The lowest BCUT2D eigenvalue weighted by Crippen LogP contribution is -2.38. The second-order valence-electron chi connectivity index (χ2n) is 11.3. The first-order valence-electron chi connectivity index (χ1n) is 13.6. The number of aromatic nitrogens is 8. The third kappa shape index (κ3) is 4.61. The van der Waals surface area contributed by atoms with Gasteiger partial charge in [0, 0.05) is 5.41 Å². The van der Waals surface area contributed by atoms with E-state index >= 15 is 0 Å². The molecule has 0 amide bonds. The molecule has 1 spiro atoms. The van der Waals surface area contributed by atoms with Crippen LogP contribution in [0.25, 0.3) is 22.3 Å². The summed E-state index contributed by atoms with van der Waals surface area (Å²) in [6.45, 7) is -5.07. The van der Waals surface area contributed by atoms with Gasteiger partial charge in [0.15, 0.2) is 29.2 Å². The fourth-order valence-corrected chi connectivity index (χ4v) is 9.21. The Morgan fingerprint density at radius 3 is 2.24 bits per heavy atom. The first-order valence-corrected chi connectivity index (χ1v) is 17.7. The molecule has 8 N–H and O–H groups in total. The second-order valence-corrected chi connectivity index (χ2v) is 15.5. The Bertz CT molecular complexity index is 1930. The number of fused-ring (bicyclic) bond motifs is 4. The molecular weight excluding hydrogens is 658 g/mol. The van der Waals surface area contributed by atoms with Crippen LogP contribution >= 0.6 is 14.5 Å². The predicted octanol–water partition coefficient (Wildman–Crippen LogP) is -0.855. The molecule has 0 radical (unpaired) electrons. The zero-order valence-corrected chi connectivity index (χ0v) is 25.4. The van der Waals surface area contributed by atoms with Gasteiger partial charge >= 0.3 is 14.5 Å². The molecule has 2 bridgehead atoms. The van der Waals surface area contributed by atoms with Gasteiger partial charge < -0.3 is 49.8 Å². The topological polar surface area (TPSA) is 283 Å². The Morgan fingerprint density at radius 1 is 0.911 bits per heavy atom. The summed E-state index contributed by atoms with van der Waals surface area (Å²) in [6.07, 6.45) is -2.52. The van der Waals surface area contributed by atoms with Gasteiger partial charge in [0.1, 0.15) is 54.2 Å². The van der Waals surface area contributed by atoms with E-state index in [0.717, 1.165) is 0 Å². The average molecular weight is 685 g/mol. The van der Waals surface area contributed by atoms with Crippen LogP contribution in [0.5, 0.6) is 0 Å². The first kappa shape index (κ1) is 29.6. The van der Waals surface area contributed by atoms with E-state index in [1.54, 1.807) is 4.57 Å². The molecule has 20 nitrogen and oxygen atoms in total. The van der Waals surface area contributed by atoms with Crippen molar-refractivity contribution in [2.45, 2.75) is 49.2 Å². The number of phosphoric acid groups is 1. The highest BCUT2D eigenvalue weighted by Crippen LogP contribution is 2.72. The zero-order chi connectivity index (χ0) is 31.5. The van der Waals surface area contributed by atoms with Gasteiger partial charge in [-0.05, 0) is 24.1 Å². The normalized spacial score (nSPS) is 41.7. The summed E-state index contributed by atoms with van der Waals surface area (Å²) < 4.78 is 44.9. The summed E-state index contributed by atoms with van der Waals surface area (Å²) in [7, 11) is -4.93. The summed E-state index contributed by atoms with van der Waals surface area (Å²) in [5, 5.41) is 22.7. The highest BCUT2D eigenvalue weighted by Gasteiger charge is 2.74. The zero-order valence-electron chi connectivity index (χ0n) is 22.8. The van der Waals surface area contributed by atoms with Gasteiger partial charge in [-0.25, -0.2) is 34.5 Å². The SMILES string of the molecule is Nc1ncnc2c1ncn2[C@H]1[C@H](O)[C@@H]2OP(O)(=S)OC[C@H]3O[C@@H](n4cnc5c(N)ncnc54)[C@H](OP(=O)(O)OCC24C[C@H]14)[C@@H]3O. The minimum absolute atomic E-state index is 0.0792. The van der Waals surface area contributed by atoms with Gasteiger partial charge in [-0.3, -0.25) is 13.6 Å². The van der Waals surface area contributed by atoms with Gasteiger partial charge in [0.2, 0.25) is 0 Å². The predicted molar refractivity (Wildman–Crippen MR) is 153 cm³/mol. The van der Waals surface area contributed by atoms with Crippen LogP contribution in [0.15, 0.2) is 25.3 Å². The number of hydrogen-bond donors (Lipinski definition) is 6. The van der Waals surface area contributed by atoms with Crippen LogP contribution in [-0.4, -0.2) is 103 Å². The maximum atomic E-state index is 13.4. The Balaban J connectivity index is 1.14. The van der Waals surface area contributed by atoms with Crippen molar-refractivity contribution in [2.24, 2.45) is 11.3 Å². The molecule has 240 valence electrons. The molecule has 2 saturated carbocycles. The molecule has 3 unspecified atom stereocenters. The summed E-state index contributed by atoms with van der Waals surface area (Å²) >= 11 is 5.32. The smallest absolute Gasteiger partial charge is 0.388 e. The van der Waals surface area contributed by atoms with Crippen LogP contribution in [0, 0.1) is 11.3 Å². The number of nitrogens with zero attached hydrogens (tertiary/aromatic N) is 8. The molecule has 45 heavy (non-hydrogen) atoms. The van der Waals surface area contributed by atoms with E-state index in [2.05, 4.69) is 29.9 Å². The molecule has 6 heterocycles. The van der Waals surface area contributed by atoms with E-state index < -0.39 is 81.9 Å². The van der Waals surface area contributed by atoms with Crippen LogP contribution in [0.2, 0.25) is 0 Å². The van der Waals surface area contributed by atoms with Crippen LogP contribution < -0.4 is 11.5 Å². The lowest BCUT2D eigenvalue weighted by molar-refractivity contribution is -0.0616. The van der Waals surface area contributed by atoms with Crippen LogP contribution in [0.4, 0.5) is 11.6 Å². The van der Waals surface area contributed by atoms with E-state index in [9.17, 15) is 24.6 Å². The molecule has 0 aromatic carbocycles. The van der Waals surface area contributed by atoms with E-state index in [4.69, 9.17) is 46.1 Å². The molecule has 4 fully saturated rings. The molecule has 11 atom stereocenters. The third-order valence-electron chi connectivity index (χ3n) is 8.90. The number of aliphatic hydroxyl groups excluding tert-OH is 2. The van der Waals surface area contributed by atoms with Crippen LogP contribution in [-0.2, 0) is 39.2 Å². The average Bonchev–Trinajstić information content (AvgIpc) is 3.28. The van der Waals surface area contributed by atoms with Crippen molar-refractivity contribution in [3.05, 3.63) is 25.3 Å². The Morgan fingerprint density at radius 2 is 1.56 bits per heavy atom.